The third-order valence-corrected chi connectivity index (χ3v) is 3.33. The summed E-state index contributed by atoms with van der Waals surface area (Å²) in [5.74, 6) is -0.767. The Hall–Kier alpha value is -3.13. The largest absolute Gasteiger partial charge is 0.464 e. The topological polar surface area (TPSA) is 107 Å². The number of carbonyl (C=O) groups is 1. The molecule has 0 bridgehead atoms. The van der Waals surface area contributed by atoms with Gasteiger partial charge in [0, 0.05) is 5.02 Å². The second-order valence-corrected chi connectivity index (χ2v) is 5.21. The summed E-state index contributed by atoms with van der Waals surface area (Å²) < 4.78 is 15.5. The Labute approximate surface area is 146 Å². The molecule has 9 heteroatoms. The number of fused-ring (bicyclic) bond motifs is 1. The SMILES string of the molecule is CCOc1cnc(C(=O)NN=Cc2coc3ccc(Cl)cc3c2=O)o1. The van der Waals surface area contributed by atoms with Gasteiger partial charge in [0.05, 0.1) is 23.8 Å². The number of halogens is 1. The molecular formula is C16H12ClN3O5. The number of nitrogens with one attached hydrogen (secondary N) is 1. The van der Waals surface area contributed by atoms with Crippen LogP contribution in [0.2, 0.25) is 5.02 Å². The third kappa shape index (κ3) is 3.69. The molecule has 1 N–H and O–H groups in total. The number of hydrogen-bond acceptors (Lipinski definition) is 7. The van der Waals surface area contributed by atoms with Crippen molar-refractivity contribution in [2.24, 2.45) is 5.10 Å². The van der Waals surface area contributed by atoms with Gasteiger partial charge in [-0.15, -0.1) is 0 Å². The highest BCUT2D eigenvalue weighted by atomic mass is 35.5. The van der Waals surface area contributed by atoms with Crippen molar-refractivity contribution >= 4 is 34.7 Å². The van der Waals surface area contributed by atoms with E-state index in [9.17, 15) is 9.59 Å². The van der Waals surface area contributed by atoms with Gasteiger partial charge in [0.15, 0.2) is 0 Å². The molecule has 0 aliphatic heterocycles. The lowest BCUT2D eigenvalue weighted by Crippen LogP contribution is -2.18. The Kier molecular flexibility index (Phi) is 4.80. The van der Waals surface area contributed by atoms with E-state index in [1.807, 2.05) is 0 Å². The summed E-state index contributed by atoms with van der Waals surface area (Å²) in [6, 6.07) is 4.72. The number of oxazole rings is 1. The van der Waals surface area contributed by atoms with Crippen LogP contribution in [0.3, 0.4) is 0 Å². The zero-order valence-corrected chi connectivity index (χ0v) is 13.7. The van der Waals surface area contributed by atoms with Gasteiger partial charge in [0.1, 0.15) is 18.0 Å². The van der Waals surface area contributed by atoms with E-state index < -0.39 is 5.91 Å². The molecule has 1 aromatic carbocycles. The van der Waals surface area contributed by atoms with Crippen LogP contribution in [-0.4, -0.2) is 23.7 Å². The Bertz CT molecular complexity index is 1010. The lowest BCUT2D eigenvalue weighted by atomic mass is 10.2. The van der Waals surface area contributed by atoms with Crippen molar-refractivity contribution in [3.63, 3.8) is 0 Å². The predicted octanol–water partition coefficient (Wildman–Crippen LogP) is 2.60. The van der Waals surface area contributed by atoms with Gasteiger partial charge in [0.25, 0.3) is 5.89 Å². The van der Waals surface area contributed by atoms with Crippen molar-refractivity contribution < 1.29 is 18.4 Å². The maximum absolute atomic E-state index is 12.3. The average Bonchev–Trinajstić information content (AvgIpc) is 3.06. The molecule has 1 amide bonds. The van der Waals surface area contributed by atoms with E-state index >= 15 is 0 Å². The number of benzene rings is 1. The smallest absolute Gasteiger partial charge is 0.327 e. The van der Waals surface area contributed by atoms with Crippen LogP contribution in [0.5, 0.6) is 5.95 Å². The molecule has 0 spiro atoms. The lowest BCUT2D eigenvalue weighted by Gasteiger charge is -1.99. The first-order chi connectivity index (χ1) is 12.1. The van der Waals surface area contributed by atoms with Crippen LogP contribution in [-0.2, 0) is 0 Å². The molecule has 25 heavy (non-hydrogen) atoms. The van der Waals surface area contributed by atoms with Crippen molar-refractivity contribution in [3.05, 3.63) is 57.4 Å². The number of carbonyl (C=O) groups excluding carboxylic acids is 1. The minimum absolute atomic E-state index is 0.128. The maximum Gasteiger partial charge on any atom is 0.327 e. The first-order valence-corrected chi connectivity index (χ1v) is 7.59. The molecule has 0 fully saturated rings. The van der Waals surface area contributed by atoms with Crippen molar-refractivity contribution in [2.75, 3.05) is 6.61 Å². The summed E-state index contributed by atoms with van der Waals surface area (Å²) in [5.41, 5.74) is 2.43. The second kappa shape index (κ2) is 7.18. The van der Waals surface area contributed by atoms with Crippen molar-refractivity contribution in [3.8, 4) is 5.95 Å². The fraction of sp³-hybridized carbons (Fsp3) is 0.125. The molecule has 0 unspecified atom stereocenters. The molecule has 0 atom stereocenters. The summed E-state index contributed by atoms with van der Waals surface area (Å²) in [7, 11) is 0. The number of ether oxygens (including phenoxy) is 1. The monoisotopic (exact) mass is 361 g/mol. The van der Waals surface area contributed by atoms with Crippen LogP contribution in [0.25, 0.3) is 11.0 Å². The summed E-state index contributed by atoms with van der Waals surface area (Å²) in [6.45, 7) is 2.16. The quantitative estimate of drug-likeness (QED) is 0.553. The number of rotatable bonds is 5. The van der Waals surface area contributed by atoms with E-state index in [4.69, 9.17) is 25.2 Å². The highest BCUT2D eigenvalue weighted by molar-refractivity contribution is 6.31. The first kappa shape index (κ1) is 16.7. The summed E-state index contributed by atoms with van der Waals surface area (Å²) in [5, 5.41) is 4.43. The third-order valence-electron chi connectivity index (χ3n) is 3.10. The van der Waals surface area contributed by atoms with Crippen molar-refractivity contribution in [1.29, 1.82) is 0 Å². The molecule has 2 heterocycles. The van der Waals surface area contributed by atoms with Crippen LogP contribution in [0.1, 0.15) is 23.2 Å². The van der Waals surface area contributed by atoms with Crippen LogP contribution in [0.4, 0.5) is 0 Å². The van der Waals surface area contributed by atoms with Gasteiger partial charge >= 0.3 is 11.9 Å². The van der Waals surface area contributed by atoms with Crippen LogP contribution >= 0.6 is 11.6 Å². The molecule has 0 saturated heterocycles. The fourth-order valence-corrected chi connectivity index (χ4v) is 2.16. The molecule has 0 aliphatic carbocycles. The molecular weight excluding hydrogens is 350 g/mol. The van der Waals surface area contributed by atoms with Gasteiger partial charge in [-0.3, -0.25) is 9.59 Å². The molecule has 3 aromatic rings. The molecule has 8 nitrogen and oxygen atoms in total. The van der Waals surface area contributed by atoms with Gasteiger partial charge in [-0.1, -0.05) is 11.6 Å². The highest BCUT2D eigenvalue weighted by Crippen LogP contribution is 2.16. The average molecular weight is 362 g/mol. The molecule has 0 aliphatic rings. The molecule has 0 radical (unpaired) electrons. The van der Waals surface area contributed by atoms with Gasteiger partial charge < -0.3 is 13.6 Å². The predicted molar refractivity (Wildman–Crippen MR) is 90.2 cm³/mol. The summed E-state index contributed by atoms with van der Waals surface area (Å²) >= 11 is 5.88. The Morgan fingerprint density at radius 3 is 3.12 bits per heavy atom. The zero-order chi connectivity index (χ0) is 17.8. The number of hydrazone groups is 1. The standard InChI is InChI=1S/C16H12ClN3O5/c1-2-23-13-7-18-16(25-13)15(22)20-19-6-9-8-24-12-4-3-10(17)5-11(12)14(9)21/h3-8H,2H2,1H3,(H,20,22). The Morgan fingerprint density at radius 2 is 2.32 bits per heavy atom. The van der Waals surface area contributed by atoms with E-state index in [2.05, 4.69) is 15.5 Å². The number of amides is 1. The van der Waals surface area contributed by atoms with E-state index in [0.29, 0.717) is 22.6 Å². The van der Waals surface area contributed by atoms with Crippen molar-refractivity contribution in [1.82, 2.24) is 10.4 Å². The summed E-state index contributed by atoms with van der Waals surface area (Å²) in [6.07, 6.45) is 3.69. The number of aromatic nitrogens is 1. The maximum atomic E-state index is 12.3. The zero-order valence-electron chi connectivity index (χ0n) is 13.0. The van der Waals surface area contributed by atoms with E-state index in [1.165, 1.54) is 18.5 Å². The molecule has 128 valence electrons. The highest BCUT2D eigenvalue weighted by Gasteiger charge is 2.13. The van der Waals surface area contributed by atoms with Gasteiger partial charge in [0.2, 0.25) is 5.43 Å². The second-order valence-electron chi connectivity index (χ2n) is 4.78. The first-order valence-electron chi connectivity index (χ1n) is 7.21. The van der Waals surface area contributed by atoms with Crippen LogP contribution in [0.15, 0.2) is 49.4 Å². The summed E-state index contributed by atoms with van der Waals surface area (Å²) in [4.78, 5) is 27.9. The normalized spacial score (nSPS) is 11.1. The van der Waals surface area contributed by atoms with Gasteiger partial charge in [-0.05, 0) is 25.1 Å². The Balaban J connectivity index is 1.75. The minimum Gasteiger partial charge on any atom is -0.464 e. The Morgan fingerprint density at radius 1 is 1.48 bits per heavy atom. The van der Waals surface area contributed by atoms with E-state index in [0.717, 1.165) is 6.21 Å². The molecule has 0 saturated carbocycles. The number of hydrogen-bond donors (Lipinski definition) is 1. The van der Waals surface area contributed by atoms with Gasteiger partial charge in [-0.25, -0.2) is 10.4 Å². The lowest BCUT2D eigenvalue weighted by molar-refractivity contribution is 0.0912. The van der Waals surface area contributed by atoms with Crippen molar-refractivity contribution in [2.45, 2.75) is 6.92 Å². The van der Waals surface area contributed by atoms with Crippen LogP contribution < -0.4 is 15.6 Å². The van der Waals surface area contributed by atoms with E-state index in [-0.39, 0.29) is 22.8 Å². The molecule has 2 aromatic heterocycles. The fourth-order valence-electron chi connectivity index (χ4n) is 1.99. The molecule has 3 rings (SSSR count). The minimum atomic E-state index is -0.685. The number of nitrogens with zero attached hydrogens (tertiary/aromatic N) is 2. The van der Waals surface area contributed by atoms with E-state index in [1.54, 1.807) is 19.1 Å². The van der Waals surface area contributed by atoms with Gasteiger partial charge in [-0.2, -0.15) is 5.10 Å². The van der Waals surface area contributed by atoms with Crippen LogP contribution in [0, 0.1) is 0 Å².